The number of rotatable bonds is 4. The summed E-state index contributed by atoms with van der Waals surface area (Å²) in [6.45, 7) is 2.28. The van der Waals surface area contributed by atoms with Gasteiger partial charge >= 0.3 is 6.03 Å². The number of carbonyl (C=O) groups is 1. The smallest absolute Gasteiger partial charge is 0.318 e. The van der Waals surface area contributed by atoms with Crippen LogP contribution in [0.15, 0.2) is 30.3 Å². The number of likely N-dealkylation sites (N-methyl/N-ethyl adjacent to an activating group) is 1. The summed E-state index contributed by atoms with van der Waals surface area (Å²) in [5.41, 5.74) is 1.17. The summed E-state index contributed by atoms with van der Waals surface area (Å²) in [7, 11) is 1.89. The van der Waals surface area contributed by atoms with E-state index in [1.54, 1.807) is 0 Å². The first kappa shape index (κ1) is 11.0. The minimum atomic E-state index is 0.0316. The first-order chi connectivity index (χ1) is 7.79. The van der Waals surface area contributed by atoms with Crippen molar-refractivity contribution in [2.45, 2.75) is 12.6 Å². The van der Waals surface area contributed by atoms with Gasteiger partial charge in [0.05, 0.1) is 6.04 Å². The zero-order chi connectivity index (χ0) is 11.4. The molecule has 1 fully saturated rings. The van der Waals surface area contributed by atoms with Gasteiger partial charge in [-0.15, -0.1) is 0 Å². The monoisotopic (exact) mass is 219 g/mol. The van der Waals surface area contributed by atoms with Crippen LogP contribution < -0.4 is 10.6 Å². The Labute approximate surface area is 95.6 Å². The Balaban J connectivity index is 1.94. The molecular weight excluding hydrogens is 202 g/mol. The molecule has 4 nitrogen and oxygen atoms in total. The van der Waals surface area contributed by atoms with Crippen molar-refractivity contribution in [3.8, 4) is 0 Å². The van der Waals surface area contributed by atoms with Crippen molar-refractivity contribution in [2.75, 3.05) is 20.1 Å². The van der Waals surface area contributed by atoms with E-state index in [9.17, 15) is 4.79 Å². The van der Waals surface area contributed by atoms with E-state index >= 15 is 0 Å². The van der Waals surface area contributed by atoms with Gasteiger partial charge in [-0.1, -0.05) is 30.3 Å². The van der Waals surface area contributed by atoms with Crippen LogP contribution >= 0.6 is 0 Å². The van der Waals surface area contributed by atoms with Crippen LogP contribution in [0.3, 0.4) is 0 Å². The topological polar surface area (TPSA) is 44.4 Å². The molecule has 86 valence electrons. The molecule has 1 unspecified atom stereocenters. The van der Waals surface area contributed by atoms with Crippen LogP contribution in [0.2, 0.25) is 0 Å². The molecule has 1 aromatic rings. The molecule has 1 aromatic carbocycles. The predicted octanol–water partition coefficient (Wildman–Crippen LogP) is 0.800. The molecule has 2 rings (SSSR count). The second-order valence-corrected chi connectivity index (χ2v) is 4.07. The average Bonchev–Trinajstić information content (AvgIpc) is 2.61. The van der Waals surface area contributed by atoms with E-state index in [4.69, 9.17) is 0 Å². The van der Waals surface area contributed by atoms with Crippen molar-refractivity contribution in [3.63, 3.8) is 0 Å². The fraction of sp³-hybridized carbons (Fsp3) is 0.417. The Morgan fingerprint density at radius 1 is 1.44 bits per heavy atom. The van der Waals surface area contributed by atoms with Gasteiger partial charge in [-0.05, 0) is 12.6 Å². The lowest BCUT2D eigenvalue weighted by atomic mass is 10.2. The summed E-state index contributed by atoms with van der Waals surface area (Å²) >= 11 is 0. The van der Waals surface area contributed by atoms with Gasteiger partial charge in [-0.2, -0.15) is 0 Å². The zero-order valence-corrected chi connectivity index (χ0v) is 9.44. The largest absolute Gasteiger partial charge is 0.332 e. The van der Waals surface area contributed by atoms with Crippen LogP contribution in [-0.2, 0) is 6.54 Å². The van der Waals surface area contributed by atoms with Gasteiger partial charge in [0, 0.05) is 19.6 Å². The molecular formula is C12H17N3O. The van der Waals surface area contributed by atoms with Crippen molar-refractivity contribution in [3.05, 3.63) is 35.9 Å². The Bertz CT molecular complexity index is 353. The Kier molecular flexibility index (Phi) is 3.41. The van der Waals surface area contributed by atoms with Crippen LogP contribution in [0.1, 0.15) is 5.56 Å². The maximum absolute atomic E-state index is 11.7. The van der Waals surface area contributed by atoms with Gasteiger partial charge in [0.1, 0.15) is 0 Å². The molecule has 2 N–H and O–H groups in total. The molecule has 1 heterocycles. The fourth-order valence-corrected chi connectivity index (χ4v) is 1.96. The number of carbonyl (C=O) groups excluding carboxylic acids is 1. The van der Waals surface area contributed by atoms with Gasteiger partial charge in [0.15, 0.2) is 0 Å². The van der Waals surface area contributed by atoms with Crippen molar-refractivity contribution in [1.82, 2.24) is 15.5 Å². The molecule has 16 heavy (non-hydrogen) atoms. The molecule has 0 spiro atoms. The highest BCUT2D eigenvalue weighted by Crippen LogP contribution is 2.09. The van der Waals surface area contributed by atoms with Gasteiger partial charge < -0.3 is 15.5 Å². The van der Waals surface area contributed by atoms with E-state index in [0.29, 0.717) is 6.54 Å². The minimum Gasteiger partial charge on any atom is -0.332 e. The van der Waals surface area contributed by atoms with Gasteiger partial charge in [-0.25, -0.2) is 4.79 Å². The second kappa shape index (κ2) is 4.99. The summed E-state index contributed by atoms with van der Waals surface area (Å²) in [5, 5.41) is 6.02. The standard InChI is InChI=1S/C12H17N3O/c1-13-7-11-9-15(12(16)14-11)8-10-5-3-2-4-6-10/h2-6,11,13H,7-9H2,1H3,(H,14,16). The lowest BCUT2D eigenvalue weighted by molar-refractivity contribution is 0.215. The molecule has 1 aliphatic rings. The van der Waals surface area contributed by atoms with E-state index in [1.807, 2.05) is 42.3 Å². The van der Waals surface area contributed by atoms with Crippen molar-refractivity contribution in [2.24, 2.45) is 0 Å². The second-order valence-electron chi connectivity index (χ2n) is 4.07. The fourth-order valence-electron chi connectivity index (χ4n) is 1.96. The Morgan fingerprint density at radius 3 is 2.88 bits per heavy atom. The number of hydrogen-bond acceptors (Lipinski definition) is 2. The molecule has 1 aliphatic heterocycles. The predicted molar refractivity (Wildman–Crippen MR) is 63.1 cm³/mol. The Morgan fingerprint density at radius 2 is 2.19 bits per heavy atom. The van der Waals surface area contributed by atoms with Crippen LogP contribution in [0.5, 0.6) is 0 Å². The summed E-state index contributed by atoms with van der Waals surface area (Å²) in [4.78, 5) is 13.5. The molecule has 0 bridgehead atoms. The summed E-state index contributed by atoms with van der Waals surface area (Å²) in [5.74, 6) is 0. The molecule has 1 atom stereocenters. The maximum Gasteiger partial charge on any atom is 0.318 e. The molecule has 0 saturated carbocycles. The van der Waals surface area contributed by atoms with Gasteiger partial charge in [-0.3, -0.25) is 0 Å². The molecule has 1 saturated heterocycles. The van der Waals surface area contributed by atoms with E-state index < -0.39 is 0 Å². The third kappa shape index (κ3) is 2.52. The van der Waals surface area contributed by atoms with E-state index in [1.165, 1.54) is 5.56 Å². The van der Waals surface area contributed by atoms with Crippen LogP contribution in [-0.4, -0.2) is 37.1 Å². The highest BCUT2D eigenvalue weighted by Gasteiger charge is 2.27. The first-order valence-electron chi connectivity index (χ1n) is 5.53. The average molecular weight is 219 g/mol. The lowest BCUT2D eigenvalue weighted by Gasteiger charge is -2.14. The minimum absolute atomic E-state index is 0.0316. The Hall–Kier alpha value is -1.55. The highest BCUT2D eigenvalue weighted by atomic mass is 16.2. The van der Waals surface area contributed by atoms with Gasteiger partial charge in [0.25, 0.3) is 0 Å². The summed E-state index contributed by atoms with van der Waals surface area (Å²) in [6.07, 6.45) is 0. The van der Waals surface area contributed by atoms with Crippen LogP contribution in [0, 0.1) is 0 Å². The number of urea groups is 1. The summed E-state index contributed by atoms with van der Waals surface area (Å²) < 4.78 is 0. The quantitative estimate of drug-likeness (QED) is 0.786. The number of nitrogens with one attached hydrogen (secondary N) is 2. The number of amides is 2. The normalized spacial score (nSPS) is 19.9. The van der Waals surface area contributed by atoms with Gasteiger partial charge in [0.2, 0.25) is 0 Å². The third-order valence-corrected chi connectivity index (χ3v) is 2.72. The van der Waals surface area contributed by atoms with Crippen molar-refractivity contribution >= 4 is 6.03 Å². The van der Waals surface area contributed by atoms with Crippen LogP contribution in [0.4, 0.5) is 4.79 Å². The van der Waals surface area contributed by atoms with E-state index in [-0.39, 0.29) is 12.1 Å². The van der Waals surface area contributed by atoms with E-state index in [0.717, 1.165) is 13.1 Å². The molecule has 0 aromatic heterocycles. The summed E-state index contributed by atoms with van der Waals surface area (Å²) in [6, 6.07) is 10.3. The van der Waals surface area contributed by atoms with E-state index in [2.05, 4.69) is 10.6 Å². The number of hydrogen-bond donors (Lipinski definition) is 2. The van der Waals surface area contributed by atoms with Crippen molar-refractivity contribution < 1.29 is 4.79 Å². The van der Waals surface area contributed by atoms with Crippen molar-refractivity contribution in [1.29, 1.82) is 0 Å². The number of benzene rings is 1. The molecule has 0 aliphatic carbocycles. The molecule has 2 amide bonds. The third-order valence-electron chi connectivity index (χ3n) is 2.72. The zero-order valence-electron chi connectivity index (χ0n) is 9.44. The number of nitrogens with zero attached hydrogens (tertiary/aromatic N) is 1. The first-order valence-corrected chi connectivity index (χ1v) is 5.53. The molecule has 4 heteroatoms. The van der Waals surface area contributed by atoms with Crippen LogP contribution in [0.25, 0.3) is 0 Å². The SMILES string of the molecule is CNCC1CN(Cc2ccccc2)C(=O)N1. The lowest BCUT2D eigenvalue weighted by Crippen LogP contribution is -2.35. The maximum atomic E-state index is 11.7. The molecule has 0 radical (unpaired) electrons. The highest BCUT2D eigenvalue weighted by molar-refractivity contribution is 5.76.